The quantitative estimate of drug-likeness (QED) is 0.761. The van der Waals surface area contributed by atoms with E-state index < -0.39 is 12.2 Å². The van der Waals surface area contributed by atoms with Crippen molar-refractivity contribution in [3.8, 4) is 22.7 Å². The smallest absolute Gasteiger partial charge is 0.415 e. The summed E-state index contributed by atoms with van der Waals surface area (Å²) < 4.78 is 10.6. The van der Waals surface area contributed by atoms with Crippen LogP contribution in [0.2, 0.25) is 0 Å². The van der Waals surface area contributed by atoms with Gasteiger partial charge < -0.3 is 14.3 Å². The number of nitrogens with zero attached hydrogens (tertiary/aromatic N) is 4. The second-order valence-electron chi connectivity index (χ2n) is 6.65. The van der Waals surface area contributed by atoms with Crippen molar-refractivity contribution >= 4 is 11.8 Å². The van der Waals surface area contributed by atoms with Gasteiger partial charge in [0, 0.05) is 18.7 Å². The predicted molar refractivity (Wildman–Crippen MR) is 95.0 cm³/mol. The van der Waals surface area contributed by atoms with Gasteiger partial charge in [-0.1, -0.05) is 12.1 Å². The molecule has 8 heteroatoms. The molecule has 0 bridgehead atoms. The second-order valence-corrected chi connectivity index (χ2v) is 6.65. The van der Waals surface area contributed by atoms with Gasteiger partial charge in [0.05, 0.1) is 18.3 Å². The van der Waals surface area contributed by atoms with E-state index in [1.165, 1.54) is 0 Å². The monoisotopic (exact) mass is 364 g/mol. The first-order valence-electron chi connectivity index (χ1n) is 8.64. The maximum Gasteiger partial charge on any atom is 0.415 e. The van der Waals surface area contributed by atoms with E-state index in [1.54, 1.807) is 18.0 Å². The molecule has 1 N–H and O–H groups in total. The van der Waals surface area contributed by atoms with Gasteiger partial charge in [-0.25, -0.2) is 4.79 Å². The molecule has 8 nitrogen and oxygen atoms in total. The first-order chi connectivity index (χ1) is 13.1. The molecule has 0 spiro atoms. The maximum atomic E-state index is 12.1. The van der Waals surface area contributed by atoms with Crippen LogP contribution in [0.4, 0.5) is 10.5 Å². The number of carbonyl (C=O) groups is 1. The molecule has 4 heterocycles. The summed E-state index contributed by atoms with van der Waals surface area (Å²) in [5.41, 5.74) is 4.48. The average Bonchev–Trinajstić information content (AvgIpc) is 3.36. The van der Waals surface area contributed by atoms with Crippen LogP contribution in [0, 0.1) is 6.92 Å². The lowest BCUT2D eigenvalue weighted by Gasteiger charge is -2.14. The minimum atomic E-state index is -0.479. The lowest BCUT2D eigenvalue weighted by molar-refractivity contribution is 0.0830. The molecule has 2 unspecified atom stereocenters. The van der Waals surface area contributed by atoms with Gasteiger partial charge in [0.1, 0.15) is 11.8 Å². The van der Waals surface area contributed by atoms with Crippen LogP contribution >= 0.6 is 0 Å². The van der Waals surface area contributed by atoms with Crippen molar-refractivity contribution < 1.29 is 19.1 Å². The van der Waals surface area contributed by atoms with Gasteiger partial charge in [0.15, 0.2) is 0 Å². The van der Waals surface area contributed by atoms with E-state index >= 15 is 0 Å². The Labute approximate surface area is 154 Å². The summed E-state index contributed by atoms with van der Waals surface area (Å²) in [5.74, 6) is 0.886. The zero-order chi connectivity index (χ0) is 18.5. The largest absolute Gasteiger partial charge is 0.441 e. The lowest BCUT2D eigenvalue weighted by atomic mass is 10.0. The standard InChI is InChI=1S/C19H16N4O4/c1-10-21-22-18(26-10)14-4-2-12(8-20-14)11-3-5-15-13(6-11)7-16-17(9-24)27-19(25)23(15)16/h2-6,8,16-17,24H,7,9H2,1H3. The molecule has 1 amide bonds. The third-order valence-electron chi connectivity index (χ3n) is 5.00. The zero-order valence-electron chi connectivity index (χ0n) is 14.5. The zero-order valence-corrected chi connectivity index (χ0v) is 14.5. The topological polar surface area (TPSA) is 102 Å². The third kappa shape index (κ3) is 2.48. The Morgan fingerprint density at radius 1 is 1.22 bits per heavy atom. The Morgan fingerprint density at radius 2 is 2.07 bits per heavy atom. The van der Waals surface area contributed by atoms with Crippen molar-refractivity contribution in [2.75, 3.05) is 11.5 Å². The van der Waals surface area contributed by atoms with Crippen LogP contribution in [-0.4, -0.2) is 45.1 Å². The Hall–Kier alpha value is -3.26. The molecule has 0 saturated carbocycles. The molecule has 2 aliphatic heterocycles. The summed E-state index contributed by atoms with van der Waals surface area (Å²) in [5, 5.41) is 17.2. The molecule has 2 atom stereocenters. The molecule has 2 aliphatic rings. The molecule has 27 heavy (non-hydrogen) atoms. The van der Waals surface area contributed by atoms with Crippen molar-refractivity contribution in [1.82, 2.24) is 15.2 Å². The predicted octanol–water partition coefficient (Wildman–Crippen LogP) is 2.35. The van der Waals surface area contributed by atoms with Crippen LogP contribution in [0.25, 0.3) is 22.7 Å². The number of fused-ring (bicyclic) bond motifs is 3. The number of hydrogen-bond donors (Lipinski definition) is 1. The number of carbonyl (C=O) groups excluding carboxylic acids is 1. The van der Waals surface area contributed by atoms with E-state index in [4.69, 9.17) is 9.15 Å². The molecule has 1 fully saturated rings. The molecular formula is C19H16N4O4. The number of aliphatic hydroxyl groups excluding tert-OH is 1. The summed E-state index contributed by atoms with van der Waals surface area (Å²) >= 11 is 0. The van der Waals surface area contributed by atoms with Gasteiger partial charge in [-0.05, 0) is 35.7 Å². The Morgan fingerprint density at radius 3 is 2.78 bits per heavy atom. The summed E-state index contributed by atoms with van der Waals surface area (Å²) in [6.45, 7) is 1.56. The van der Waals surface area contributed by atoms with Crippen LogP contribution in [-0.2, 0) is 11.2 Å². The van der Waals surface area contributed by atoms with E-state index in [0.717, 1.165) is 22.4 Å². The first kappa shape index (κ1) is 16.0. The van der Waals surface area contributed by atoms with E-state index in [9.17, 15) is 9.90 Å². The van der Waals surface area contributed by atoms with E-state index in [1.807, 2.05) is 24.3 Å². The van der Waals surface area contributed by atoms with Crippen LogP contribution in [0.15, 0.2) is 40.9 Å². The normalized spacial score (nSPS) is 20.5. The number of aryl methyl sites for hydroxylation is 1. The number of ether oxygens (including phenoxy) is 1. The van der Waals surface area contributed by atoms with Crippen molar-refractivity contribution in [1.29, 1.82) is 0 Å². The maximum absolute atomic E-state index is 12.1. The van der Waals surface area contributed by atoms with Crippen LogP contribution in [0.5, 0.6) is 0 Å². The molecular weight excluding hydrogens is 348 g/mol. The molecule has 136 valence electrons. The summed E-state index contributed by atoms with van der Waals surface area (Å²) in [7, 11) is 0. The highest BCUT2D eigenvalue weighted by Crippen LogP contribution is 2.40. The van der Waals surface area contributed by atoms with Gasteiger partial charge in [0.25, 0.3) is 5.89 Å². The molecule has 0 radical (unpaired) electrons. The number of aliphatic hydroxyl groups is 1. The fraction of sp³-hybridized carbons (Fsp3) is 0.263. The highest BCUT2D eigenvalue weighted by molar-refractivity contribution is 5.94. The average molecular weight is 364 g/mol. The lowest BCUT2D eigenvalue weighted by Crippen LogP contribution is -2.34. The number of cyclic esters (lactones) is 1. The van der Waals surface area contributed by atoms with Gasteiger partial charge in [-0.2, -0.15) is 0 Å². The number of anilines is 1. The highest BCUT2D eigenvalue weighted by atomic mass is 16.6. The molecule has 0 aliphatic carbocycles. The Bertz CT molecular complexity index is 1030. The molecule has 1 aromatic carbocycles. The summed E-state index contributed by atoms with van der Waals surface area (Å²) in [4.78, 5) is 18.1. The molecule has 5 rings (SSSR count). The fourth-order valence-electron chi connectivity index (χ4n) is 3.71. The van der Waals surface area contributed by atoms with Crippen molar-refractivity contribution in [2.24, 2.45) is 0 Å². The third-order valence-corrected chi connectivity index (χ3v) is 5.00. The highest BCUT2D eigenvalue weighted by Gasteiger charge is 2.47. The number of rotatable bonds is 3. The molecule has 1 saturated heterocycles. The van der Waals surface area contributed by atoms with Crippen LogP contribution in [0.1, 0.15) is 11.5 Å². The summed E-state index contributed by atoms with van der Waals surface area (Å²) in [6.07, 6.45) is 1.54. The van der Waals surface area contributed by atoms with E-state index in [-0.39, 0.29) is 12.6 Å². The number of aromatic nitrogens is 3. The van der Waals surface area contributed by atoms with Crippen molar-refractivity contribution in [2.45, 2.75) is 25.5 Å². The Balaban J connectivity index is 1.45. The van der Waals surface area contributed by atoms with Gasteiger partial charge in [-0.3, -0.25) is 9.88 Å². The number of amides is 1. The number of pyridine rings is 1. The van der Waals surface area contributed by atoms with Gasteiger partial charge in [0.2, 0.25) is 5.89 Å². The van der Waals surface area contributed by atoms with Crippen molar-refractivity contribution in [3.63, 3.8) is 0 Å². The molecule has 3 aromatic rings. The van der Waals surface area contributed by atoms with Crippen LogP contribution < -0.4 is 4.90 Å². The van der Waals surface area contributed by atoms with E-state index in [2.05, 4.69) is 21.2 Å². The number of benzene rings is 1. The summed E-state index contributed by atoms with van der Waals surface area (Å²) in [6, 6.07) is 9.57. The fourth-order valence-corrected chi connectivity index (χ4v) is 3.71. The van der Waals surface area contributed by atoms with Crippen molar-refractivity contribution in [3.05, 3.63) is 48.0 Å². The minimum Gasteiger partial charge on any atom is -0.441 e. The SMILES string of the molecule is Cc1nnc(-c2ccc(-c3ccc4c(c3)CC3C(CO)OC(=O)N43)cn2)o1. The van der Waals surface area contributed by atoms with Gasteiger partial charge in [-0.15, -0.1) is 10.2 Å². The first-order valence-corrected chi connectivity index (χ1v) is 8.64. The molecule has 2 aromatic heterocycles. The van der Waals surface area contributed by atoms with Gasteiger partial charge >= 0.3 is 6.09 Å². The van der Waals surface area contributed by atoms with E-state index in [0.29, 0.717) is 23.9 Å². The minimum absolute atomic E-state index is 0.144. The number of hydrogen-bond acceptors (Lipinski definition) is 7. The van der Waals surface area contributed by atoms with Crippen LogP contribution in [0.3, 0.4) is 0 Å². The Kier molecular flexibility index (Phi) is 3.48. The second kappa shape index (κ2) is 5.88.